The van der Waals surface area contributed by atoms with Gasteiger partial charge in [-0.1, -0.05) is 194 Å². The van der Waals surface area contributed by atoms with Gasteiger partial charge in [0.1, 0.15) is 12.7 Å². The Morgan fingerprint density at radius 2 is 0.848 bits per heavy atom. The van der Waals surface area contributed by atoms with Crippen LogP contribution in [0.2, 0.25) is 0 Å². The summed E-state index contributed by atoms with van der Waals surface area (Å²) in [6.07, 6.45) is 55.4. The molecule has 0 spiro atoms. The van der Waals surface area contributed by atoms with Crippen molar-refractivity contribution in [2.24, 2.45) is 0 Å². The molecule has 0 amide bonds. The van der Waals surface area contributed by atoms with Gasteiger partial charge in [0, 0.05) is 12.8 Å². The Hall–Kier alpha value is -3.86. The molecule has 374 valence electrons. The first kappa shape index (κ1) is 62.1. The average Bonchev–Trinajstić information content (AvgIpc) is 3.30. The molecule has 2 N–H and O–H groups in total. The summed E-state index contributed by atoms with van der Waals surface area (Å²) in [4.78, 5) is 48.1. The molecule has 3 unspecified atom stereocenters. The molecule has 0 radical (unpaired) electrons. The summed E-state index contributed by atoms with van der Waals surface area (Å²) in [5.41, 5.74) is 0. The van der Waals surface area contributed by atoms with Crippen LogP contribution >= 0.6 is 7.82 Å². The maximum Gasteiger partial charge on any atom is 0.472 e. The van der Waals surface area contributed by atoms with E-state index in [1.54, 1.807) is 6.08 Å². The normalized spacial score (nSPS) is 14.4. The van der Waals surface area contributed by atoms with E-state index in [1.807, 2.05) is 36.5 Å². The molecule has 11 nitrogen and oxygen atoms in total. The van der Waals surface area contributed by atoms with Gasteiger partial charge < -0.3 is 24.2 Å². The highest BCUT2D eigenvalue weighted by molar-refractivity contribution is 7.47. The molecular weight excluding hydrogens is 856 g/mol. The number of carbonyl (C=O) groups is 3. The van der Waals surface area contributed by atoms with Crippen LogP contribution in [0.4, 0.5) is 0 Å². The summed E-state index contributed by atoms with van der Waals surface area (Å²) in [7, 11) is -4.78. The largest absolute Gasteiger partial charge is 0.472 e. The number of esters is 3. The van der Waals surface area contributed by atoms with Crippen molar-refractivity contribution in [3.8, 4) is 0 Å². The topological polar surface area (TPSA) is 155 Å². The lowest BCUT2D eigenvalue weighted by atomic mass is 10.1. The smallest absolute Gasteiger partial charge is 0.462 e. The van der Waals surface area contributed by atoms with Gasteiger partial charge in [0.05, 0.1) is 26.2 Å². The Labute approximate surface area is 399 Å². The third-order valence-electron chi connectivity index (χ3n) is 9.74. The molecule has 12 heteroatoms. The van der Waals surface area contributed by atoms with Crippen LogP contribution in [0, 0.1) is 0 Å². The third-order valence-corrected chi connectivity index (χ3v) is 10.7. The second-order valence-electron chi connectivity index (χ2n) is 15.9. The van der Waals surface area contributed by atoms with Crippen molar-refractivity contribution in [2.45, 2.75) is 187 Å². The average molecular weight is 943 g/mol. The molecule has 0 heterocycles. The standard InChI is InChI=1S/C54H87O11P/c1-4-7-10-13-16-19-22-24-25-27-30-33-36-39-42-45-54(58)65-51(47-61-52(56)43-40-37-34-31-28-21-18-15-12-9-6-3)49-63-66(59,60)62-48-50(46-55)64-53(57)44-41-38-35-32-29-26-23-20-17-14-11-8-5-2/h7-8,10-11,16-17,19-20,24-26,29-30,33,35,38-39,42,50-51,55H,4-6,9,12-15,18,21-23,27-28,31-32,34,36-37,40-41,43-49H2,1-3H3,(H,59,60)/b10-7-,11-8-,19-16-,20-17-,25-24-,29-26-,33-30-,38-35-,42-39-. The predicted molar refractivity (Wildman–Crippen MR) is 270 cm³/mol. The molecule has 0 aliphatic heterocycles. The first-order valence-electron chi connectivity index (χ1n) is 24.8. The number of rotatable bonds is 44. The quantitative estimate of drug-likeness (QED) is 0.0197. The molecule has 3 atom stereocenters. The van der Waals surface area contributed by atoms with Gasteiger partial charge in [0.25, 0.3) is 0 Å². The Morgan fingerprint density at radius 1 is 0.455 bits per heavy atom. The summed E-state index contributed by atoms with van der Waals surface area (Å²) < 4.78 is 39.0. The maximum atomic E-state index is 12.8. The van der Waals surface area contributed by atoms with Crippen LogP contribution in [0.15, 0.2) is 109 Å². The van der Waals surface area contributed by atoms with Crippen LogP contribution in [-0.4, -0.2) is 66.5 Å². The van der Waals surface area contributed by atoms with E-state index in [2.05, 4.69) is 87.6 Å². The van der Waals surface area contributed by atoms with Gasteiger partial charge in [-0.3, -0.25) is 23.4 Å². The number of hydrogen-bond donors (Lipinski definition) is 2. The summed E-state index contributed by atoms with van der Waals surface area (Å²) in [6, 6.07) is 0. The van der Waals surface area contributed by atoms with Crippen LogP contribution in [-0.2, 0) is 42.2 Å². The van der Waals surface area contributed by atoms with Crippen LogP contribution in [0.1, 0.15) is 175 Å². The summed E-state index contributed by atoms with van der Waals surface area (Å²) in [5, 5.41) is 9.74. The SMILES string of the molecule is CC/C=C\C/C=C\C/C=C\C/C=C\C/C=C\CC(=O)OC(COC(=O)CCCCCCCCCCCCC)COP(=O)(O)OCC(CO)OC(=O)CC/C=C\C/C=C\C/C=C\C/C=C\CC. The molecule has 0 fully saturated rings. The van der Waals surface area contributed by atoms with E-state index in [0.717, 1.165) is 70.6 Å². The van der Waals surface area contributed by atoms with Crippen LogP contribution < -0.4 is 0 Å². The zero-order valence-corrected chi connectivity index (χ0v) is 41.8. The monoisotopic (exact) mass is 943 g/mol. The molecule has 0 aliphatic carbocycles. The highest BCUT2D eigenvalue weighted by Gasteiger charge is 2.28. The molecular formula is C54H87O11P. The van der Waals surface area contributed by atoms with E-state index in [9.17, 15) is 28.9 Å². The predicted octanol–water partition coefficient (Wildman–Crippen LogP) is 13.9. The minimum Gasteiger partial charge on any atom is -0.462 e. The van der Waals surface area contributed by atoms with E-state index in [4.69, 9.17) is 23.3 Å². The van der Waals surface area contributed by atoms with Gasteiger partial charge in [-0.05, 0) is 70.6 Å². The minimum atomic E-state index is -4.78. The molecule has 66 heavy (non-hydrogen) atoms. The zero-order valence-electron chi connectivity index (χ0n) is 40.9. The van der Waals surface area contributed by atoms with Crippen molar-refractivity contribution in [1.82, 2.24) is 0 Å². The van der Waals surface area contributed by atoms with E-state index in [0.29, 0.717) is 19.3 Å². The number of aliphatic hydroxyl groups is 1. The number of phosphoric acid groups is 1. The lowest BCUT2D eigenvalue weighted by Crippen LogP contribution is -2.30. The molecule has 0 saturated carbocycles. The zero-order chi connectivity index (χ0) is 48.4. The fourth-order valence-electron chi connectivity index (χ4n) is 6.03. The van der Waals surface area contributed by atoms with Crippen molar-refractivity contribution in [3.63, 3.8) is 0 Å². The number of aliphatic hydroxyl groups excluding tert-OH is 1. The Morgan fingerprint density at radius 3 is 1.30 bits per heavy atom. The second kappa shape index (κ2) is 47.6. The lowest BCUT2D eigenvalue weighted by Gasteiger charge is -2.21. The molecule has 0 aromatic rings. The second-order valence-corrected chi connectivity index (χ2v) is 17.3. The molecule has 0 saturated heterocycles. The van der Waals surface area contributed by atoms with E-state index in [-0.39, 0.29) is 25.9 Å². The number of allylic oxidation sites excluding steroid dienone is 17. The Bertz CT molecular complexity index is 1520. The number of ether oxygens (including phenoxy) is 3. The fourth-order valence-corrected chi connectivity index (χ4v) is 6.82. The van der Waals surface area contributed by atoms with Crippen molar-refractivity contribution >= 4 is 25.7 Å². The lowest BCUT2D eigenvalue weighted by molar-refractivity contribution is -0.160. The number of hydrogen-bond acceptors (Lipinski definition) is 10. The van der Waals surface area contributed by atoms with Gasteiger partial charge in [-0.15, -0.1) is 0 Å². The van der Waals surface area contributed by atoms with Gasteiger partial charge in [-0.25, -0.2) is 4.57 Å². The summed E-state index contributed by atoms with van der Waals surface area (Å²) in [5.74, 6) is -1.72. The van der Waals surface area contributed by atoms with Crippen molar-refractivity contribution in [2.75, 3.05) is 26.4 Å². The van der Waals surface area contributed by atoms with Gasteiger partial charge in [-0.2, -0.15) is 0 Å². The van der Waals surface area contributed by atoms with Crippen molar-refractivity contribution < 1.29 is 52.2 Å². The van der Waals surface area contributed by atoms with Gasteiger partial charge in [0.15, 0.2) is 6.10 Å². The highest BCUT2D eigenvalue weighted by Crippen LogP contribution is 2.43. The molecule has 0 aromatic heterocycles. The van der Waals surface area contributed by atoms with E-state index >= 15 is 0 Å². The molecule has 0 aromatic carbocycles. The number of unbranched alkanes of at least 4 members (excludes halogenated alkanes) is 10. The number of phosphoric ester groups is 1. The van der Waals surface area contributed by atoms with Gasteiger partial charge >= 0.3 is 25.7 Å². The first-order valence-corrected chi connectivity index (χ1v) is 26.3. The summed E-state index contributed by atoms with van der Waals surface area (Å²) in [6.45, 7) is 4.17. The van der Waals surface area contributed by atoms with E-state index < -0.39 is 57.8 Å². The van der Waals surface area contributed by atoms with Crippen molar-refractivity contribution in [1.29, 1.82) is 0 Å². The van der Waals surface area contributed by atoms with Crippen LogP contribution in [0.5, 0.6) is 0 Å². The first-order chi connectivity index (χ1) is 32.2. The van der Waals surface area contributed by atoms with Crippen molar-refractivity contribution in [3.05, 3.63) is 109 Å². The van der Waals surface area contributed by atoms with Crippen LogP contribution in [0.25, 0.3) is 0 Å². The third kappa shape index (κ3) is 45.3. The molecule has 0 bridgehead atoms. The molecule has 0 aliphatic rings. The summed E-state index contributed by atoms with van der Waals surface area (Å²) >= 11 is 0. The van der Waals surface area contributed by atoms with E-state index in [1.165, 1.54) is 44.9 Å². The highest BCUT2D eigenvalue weighted by atomic mass is 31.2. The number of carbonyl (C=O) groups excluding carboxylic acids is 3. The van der Waals surface area contributed by atoms with Crippen LogP contribution in [0.3, 0.4) is 0 Å². The minimum absolute atomic E-state index is 0.0443. The fraction of sp³-hybridized carbons (Fsp3) is 0.611. The molecule has 0 rings (SSSR count). The Balaban J connectivity index is 4.94. The van der Waals surface area contributed by atoms with Gasteiger partial charge in [0.2, 0.25) is 0 Å². The Kier molecular flexibility index (Phi) is 44.8. The maximum absolute atomic E-state index is 12.8.